The number of sulfonamides is 2. The summed E-state index contributed by atoms with van der Waals surface area (Å²) in [5.74, 6) is 0.0278. The van der Waals surface area contributed by atoms with Crippen molar-refractivity contribution >= 4 is 159 Å². The quantitative estimate of drug-likeness (QED) is 0.0926. The van der Waals surface area contributed by atoms with Crippen molar-refractivity contribution in [2.24, 2.45) is 0 Å². The van der Waals surface area contributed by atoms with Crippen LogP contribution in [-0.2, 0) is 78.5 Å². The van der Waals surface area contributed by atoms with Crippen LogP contribution in [0.4, 0.5) is 0 Å². The Bertz CT molecular complexity index is 6290. The number of rotatable bonds is 14. The van der Waals surface area contributed by atoms with Gasteiger partial charge in [0, 0.05) is 153 Å². The Labute approximate surface area is 818 Å². The number of nitrogens with zero attached hydrogens (tertiary/aromatic N) is 10. The zero-order valence-electron chi connectivity index (χ0n) is 73.4. The molecule has 12 aromatic rings. The van der Waals surface area contributed by atoms with E-state index in [9.17, 15) is 36.0 Å². The molecular formula is C102H96Cl6N10O8S6. The summed E-state index contributed by atoms with van der Waals surface area (Å²) in [5, 5.41) is 21.6. The van der Waals surface area contributed by atoms with Gasteiger partial charge in [-0.1, -0.05) is 217 Å². The molecule has 6 aliphatic rings. The molecule has 0 N–H and O–H groups in total. The van der Waals surface area contributed by atoms with Crippen LogP contribution in [0.25, 0.3) is 0 Å². The van der Waals surface area contributed by atoms with Crippen molar-refractivity contribution in [3.63, 3.8) is 0 Å². The summed E-state index contributed by atoms with van der Waals surface area (Å²) in [7, 11) is -6.90. The molecule has 6 atom stereocenters. The number of carbonyl (C=O) groups is 4. The van der Waals surface area contributed by atoms with Gasteiger partial charge in [0.1, 0.15) is 12.8 Å². The van der Waals surface area contributed by atoms with E-state index in [0.29, 0.717) is 107 Å². The minimum Gasteiger partial charge on any atom is -0.336 e. The van der Waals surface area contributed by atoms with Crippen LogP contribution < -0.4 is 0 Å². The van der Waals surface area contributed by atoms with Gasteiger partial charge in [-0.15, -0.1) is 45.3 Å². The Morgan fingerprint density at radius 3 is 1.06 bits per heavy atom. The number of fused-ring (bicyclic) bond motifs is 6. The Balaban J connectivity index is 0.000000135. The van der Waals surface area contributed by atoms with Crippen LogP contribution in [0.2, 0.25) is 28.8 Å². The Morgan fingerprint density at radius 1 is 0.379 bits per heavy atom. The highest BCUT2D eigenvalue weighted by atomic mass is 35.5. The lowest BCUT2D eigenvalue weighted by Crippen LogP contribution is -2.38. The highest BCUT2D eigenvalue weighted by molar-refractivity contribution is 7.92. The predicted octanol–water partition coefficient (Wildman–Crippen LogP) is 23.9. The number of aryl methyl sites for hydroxylation is 6. The number of carbonyl (C=O) groups excluding carboxylic acids is 4. The zero-order chi connectivity index (χ0) is 94.6. The number of amides is 4. The fourth-order valence-corrected chi connectivity index (χ4v) is 25.3. The van der Waals surface area contributed by atoms with Gasteiger partial charge in [0.25, 0.3) is 0 Å². The van der Waals surface area contributed by atoms with E-state index in [1.807, 2.05) is 183 Å². The van der Waals surface area contributed by atoms with Gasteiger partial charge in [0.05, 0.1) is 65.4 Å². The van der Waals surface area contributed by atoms with E-state index < -0.39 is 20.0 Å². The minimum atomic E-state index is -3.45. The molecule has 0 fully saturated rings. The van der Waals surface area contributed by atoms with Crippen LogP contribution >= 0.6 is 115 Å². The fourth-order valence-electron chi connectivity index (χ4n) is 17.7. The molecule has 0 unspecified atom stereocenters. The van der Waals surface area contributed by atoms with E-state index in [-0.39, 0.29) is 72.0 Å². The second-order valence-corrected chi connectivity index (χ2v) is 44.2. The number of halogens is 6. The summed E-state index contributed by atoms with van der Waals surface area (Å²) in [6.45, 7) is 32.6. The van der Waals surface area contributed by atoms with E-state index in [0.717, 1.165) is 98.7 Å². The molecule has 6 aromatic heterocycles. The first kappa shape index (κ1) is 99.3. The summed E-state index contributed by atoms with van der Waals surface area (Å²) in [6.07, 6.45) is 6.14. The molecule has 18 nitrogen and oxygen atoms in total. The molecule has 18 rings (SSSR count). The maximum absolute atomic E-state index is 12.2. The van der Waals surface area contributed by atoms with Crippen LogP contribution in [0.5, 0.6) is 0 Å². The van der Waals surface area contributed by atoms with Crippen molar-refractivity contribution in [3.05, 3.63) is 402 Å². The third kappa shape index (κ3) is 23.2. The van der Waals surface area contributed by atoms with Gasteiger partial charge < -0.3 is 19.6 Å². The number of hydrogen-bond acceptors (Lipinski definition) is 16. The van der Waals surface area contributed by atoms with Crippen LogP contribution in [0, 0.1) is 64.2 Å². The standard InChI is InChI=1S/2C18H16Cl2N2O.2C17H16N2OS.2C16H16ClNO2S2/c2*1-3-17(23)22-9-12-7-15(19)16(20)8-13(12)14(10-22)18-11(2)5-4-6-21-18;2*1-12-9-14-15(13-5-3-2-4-6-13)10-19(11-16(14)21-12)17(20)7-8-18;2*1-3-22(19,20)18-9-14(12-7-5-4-6-11(12)2)13-8-16(17)21-15(13)10-18/h2*3-8,14H,1,9-10H2,2H3;2*2-6,9,15H,7,10-11H2,1H3;2*3-8,14H,1,9-10H2,2H3/t2*14-;2*15-;2*14-/m101010/s1. The molecule has 0 bridgehead atoms. The fraction of sp³-hybridized carbons (Fsp3) is 0.255. The van der Waals surface area contributed by atoms with Crippen molar-refractivity contribution in [3.8, 4) is 12.1 Å². The first-order chi connectivity index (χ1) is 63.2. The van der Waals surface area contributed by atoms with Gasteiger partial charge in [-0.2, -0.15) is 19.1 Å². The monoisotopic (exact) mass is 1990 g/mol. The molecule has 0 saturated heterocycles. The van der Waals surface area contributed by atoms with E-state index in [1.54, 1.807) is 44.9 Å². The molecule has 4 amide bonds. The van der Waals surface area contributed by atoms with E-state index in [2.05, 4.69) is 98.7 Å². The average Bonchev–Trinajstić information content (AvgIpc) is 1.63. The Kier molecular flexibility index (Phi) is 33.3. The predicted molar refractivity (Wildman–Crippen MR) is 536 cm³/mol. The Hall–Kier alpha value is -10.2. The normalized spacial score (nSPS) is 17.6. The molecule has 680 valence electrons. The molecule has 12 heterocycles. The number of thiophene rings is 4. The van der Waals surface area contributed by atoms with Crippen molar-refractivity contribution in [2.45, 2.75) is 129 Å². The molecule has 30 heteroatoms. The molecule has 0 aliphatic carbocycles. The molecular weight excluding hydrogens is 1900 g/mol. The van der Waals surface area contributed by atoms with Gasteiger partial charge in [-0.05, 0) is 203 Å². The maximum atomic E-state index is 12.2. The van der Waals surface area contributed by atoms with Crippen LogP contribution in [0.15, 0.2) is 244 Å². The second-order valence-electron chi connectivity index (χ2n) is 32.6. The summed E-state index contributed by atoms with van der Waals surface area (Å²) < 4.78 is 53.2. The lowest BCUT2D eigenvalue weighted by Gasteiger charge is -2.34. The van der Waals surface area contributed by atoms with E-state index in [4.69, 9.17) is 80.1 Å². The molecule has 0 saturated carbocycles. The lowest BCUT2D eigenvalue weighted by molar-refractivity contribution is -0.132. The molecule has 132 heavy (non-hydrogen) atoms. The second kappa shape index (κ2) is 44.3. The van der Waals surface area contributed by atoms with Gasteiger partial charge in [0.2, 0.25) is 43.7 Å². The summed E-state index contributed by atoms with van der Waals surface area (Å²) >= 11 is 43.5. The minimum absolute atomic E-state index is 0.00317. The average molecular weight is 2000 g/mol. The first-order valence-corrected chi connectivity index (χ1v) is 50.9. The van der Waals surface area contributed by atoms with E-state index in [1.165, 1.54) is 85.2 Å². The summed E-state index contributed by atoms with van der Waals surface area (Å²) in [6, 6.07) is 64.4. The third-order valence-electron chi connectivity index (χ3n) is 24.2. The number of aromatic nitrogens is 2. The van der Waals surface area contributed by atoms with Crippen LogP contribution in [-0.4, -0.2) is 118 Å². The smallest absolute Gasteiger partial charge is 0.246 e. The van der Waals surface area contributed by atoms with Gasteiger partial charge in [-0.3, -0.25) is 29.1 Å². The van der Waals surface area contributed by atoms with Gasteiger partial charge in [-0.25, -0.2) is 16.8 Å². The number of hydrogen-bond donors (Lipinski definition) is 0. The molecule has 0 radical (unpaired) electrons. The largest absolute Gasteiger partial charge is 0.336 e. The van der Waals surface area contributed by atoms with Crippen molar-refractivity contribution in [1.29, 1.82) is 10.5 Å². The lowest BCUT2D eigenvalue weighted by atomic mass is 9.85. The van der Waals surface area contributed by atoms with Crippen LogP contribution in [0.1, 0.15) is 178 Å². The number of pyridine rings is 2. The van der Waals surface area contributed by atoms with Gasteiger partial charge >= 0.3 is 0 Å². The Morgan fingerprint density at radius 2 is 0.712 bits per heavy atom. The molecule has 6 aromatic carbocycles. The first-order valence-electron chi connectivity index (χ1n) is 42.4. The summed E-state index contributed by atoms with van der Waals surface area (Å²) in [4.78, 5) is 71.7. The highest BCUT2D eigenvalue weighted by Crippen LogP contribution is 2.47. The zero-order valence-corrected chi connectivity index (χ0v) is 82.9. The summed E-state index contributed by atoms with van der Waals surface area (Å²) in [5.41, 5.74) is 20.2. The topological polar surface area (TPSA) is 229 Å². The van der Waals surface area contributed by atoms with Crippen molar-refractivity contribution < 1.29 is 36.0 Å². The molecule has 6 aliphatic heterocycles. The number of nitriles is 2. The SMILES string of the molecule is C=CC(=O)N1Cc2cc(Cl)c(Cl)cc2[C@@H](c2ncccc2C)C1.C=CC(=O)N1Cc2cc(Cl)c(Cl)cc2[C@H](c2ncccc2C)C1.C=CS(=O)(=O)N1Cc2sc(Cl)cc2[C@@H](c2ccccc2C)C1.C=CS(=O)(=O)N1Cc2sc(Cl)cc2[C@H](c2ccccc2C)C1.Cc1cc2c(s1)CN(C(=O)CC#N)C[C@@H]2c1ccccc1.Cc1cc2c(s1)CN(C(=O)CC#N)C[C@H]2c1ccccc1. The third-order valence-corrected chi connectivity index (χ3v) is 33.1. The molecule has 0 spiro atoms. The highest BCUT2D eigenvalue weighted by Gasteiger charge is 2.39. The van der Waals surface area contributed by atoms with Crippen molar-refractivity contribution in [1.82, 2.24) is 38.2 Å². The number of benzene rings is 6. The maximum Gasteiger partial charge on any atom is 0.246 e. The van der Waals surface area contributed by atoms with Gasteiger partial charge in [0.15, 0.2) is 0 Å². The van der Waals surface area contributed by atoms with Crippen LogP contribution in [0.3, 0.4) is 0 Å². The van der Waals surface area contributed by atoms with E-state index >= 15 is 0 Å². The van der Waals surface area contributed by atoms with Crippen molar-refractivity contribution in [2.75, 3.05) is 39.3 Å².